The standard InChI is InChI=1S/C28H30N8O/c1-28(2,3)36-15-20(13-32-36)27(37)34-23-7-5-6-17-10-18(8-9-21(17)23)25-22-11-24(19-12-31-35(4)14-19)33-26(22)30-16-29-25/h8-16,23H,5-7H2,1-4H3,(H,34,37)(H,29,30,33). The van der Waals surface area contributed by atoms with E-state index in [2.05, 4.69) is 75.5 Å². The number of rotatable bonds is 4. The zero-order chi connectivity index (χ0) is 25.7. The van der Waals surface area contributed by atoms with Crippen LogP contribution >= 0.6 is 0 Å². The lowest BCUT2D eigenvalue weighted by molar-refractivity contribution is 0.0932. The summed E-state index contributed by atoms with van der Waals surface area (Å²) < 4.78 is 3.61. The minimum absolute atomic E-state index is 0.0295. The fraction of sp³-hybridized carbons (Fsp3) is 0.321. The topological polar surface area (TPSA) is 106 Å². The van der Waals surface area contributed by atoms with Crippen LogP contribution in [0.25, 0.3) is 33.5 Å². The summed E-state index contributed by atoms with van der Waals surface area (Å²) in [5.41, 5.74) is 7.51. The predicted octanol–water partition coefficient (Wildman–Crippen LogP) is 4.78. The molecule has 1 aromatic carbocycles. The molecule has 0 fully saturated rings. The highest BCUT2D eigenvalue weighted by atomic mass is 16.1. The molecule has 1 unspecified atom stereocenters. The van der Waals surface area contributed by atoms with Crippen LogP contribution in [0.3, 0.4) is 0 Å². The van der Waals surface area contributed by atoms with Crippen LogP contribution in [0.15, 0.2) is 55.4 Å². The molecular formula is C28H30N8O. The average Bonchev–Trinajstić information content (AvgIpc) is 3.62. The van der Waals surface area contributed by atoms with Crippen molar-refractivity contribution in [1.29, 1.82) is 0 Å². The number of benzene rings is 1. The van der Waals surface area contributed by atoms with E-state index in [9.17, 15) is 4.79 Å². The van der Waals surface area contributed by atoms with E-state index in [0.29, 0.717) is 5.56 Å². The molecule has 2 N–H and O–H groups in total. The second-order valence-electron chi connectivity index (χ2n) is 10.7. The third-order valence-corrected chi connectivity index (χ3v) is 7.01. The minimum atomic E-state index is -0.170. The van der Waals surface area contributed by atoms with Crippen molar-refractivity contribution in [1.82, 2.24) is 39.8 Å². The quantitative estimate of drug-likeness (QED) is 0.374. The molecular weight excluding hydrogens is 464 g/mol. The molecule has 0 aliphatic heterocycles. The van der Waals surface area contributed by atoms with Crippen molar-refractivity contribution in [3.8, 4) is 22.5 Å². The molecule has 0 saturated carbocycles. The molecule has 1 aliphatic carbocycles. The largest absolute Gasteiger partial charge is 0.345 e. The Morgan fingerprint density at radius 1 is 1.08 bits per heavy atom. The molecule has 0 saturated heterocycles. The average molecular weight is 495 g/mol. The Labute approximate surface area is 215 Å². The van der Waals surface area contributed by atoms with Crippen LogP contribution in [0.2, 0.25) is 0 Å². The maximum atomic E-state index is 13.0. The van der Waals surface area contributed by atoms with E-state index in [1.807, 2.05) is 30.3 Å². The SMILES string of the molecule is Cn1cc(-c2cc3c(-c4ccc5c(c4)CCCC5NC(=O)c4cnn(C(C)(C)C)c4)ncnc3[nH]2)cn1. The maximum Gasteiger partial charge on any atom is 0.254 e. The number of carbonyl (C=O) groups is 1. The summed E-state index contributed by atoms with van der Waals surface area (Å²) in [4.78, 5) is 25.5. The molecule has 0 spiro atoms. The van der Waals surface area contributed by atoms with Gasteiger partial charge in [0.2, 0.25) is 0 Å². The fourth-order valence-corrected chi connectivity index (χ4v) is 5.05. The summed E-state index contributed by atoms with van der Waals surface area (Å²) in [6.45, 7) is 6.19. The number of hydrogen-bond acceptors (Lipinski definition) is 5. The summed E-state index contributed by atoms with van der Waals surface area (Å²) in [5, 5.41) is 12.9. The van der Waals surface area contributed by atoms with E-state index >= 15 is 0 Å². The van der Waals surface area contributed by atoms with Crippen molar-refractivity contribution in [3.05, 3.63) is 72.1 Å². The van der Waals surface area contributed by atoms with E-state index in [-0.39, 0.29) is 17.5 Å². The van der Waals surface area contributed by atoms with Gasteiger partial charge in [-0.1, -0.05) is 12.1 Å². The van der Waals surface area contributed by atoms with Crippen molar-refractivity contribution >= 4 is 16.9 Å². The number of amides is 1. The molecule has 0 radical (unpaired) electrons. The van der Waals surface area contributed by atoms with Crippen LogP contribution in [0.4, 0.5) is 0 Å². The monoisotopic (exact) mass is 494 g/mol. The lowest BCUT2D eigenvalue weighted by Gasteiger charge is -2.27. The van der Waals surface area contributed by atoms with E-state index in [4.69, 9.17) is 0 Å². The maximum absolute atomic E-state index is 13.0. The molecule has 37 heavy (non-hydrogen) atoms. The van der Waals surface area contributed by atoms with Crippen LogP contribution in [0, 0.1) is 0 Å². The van der Waals surface area contributed by atoms with Gasteiger partial charge in [-0.05, 0) is 63.3 Å². The first-order valence-corrected chi connectivity index (χ1v) is 12.6. The van der Waals surface area contributed by atoms with Gasteiger partial charge in [0.15, 0.2) is 0 Å². The smallest absolute Gasteiger partial charge is 0.254 e. The highest BCUT2D eigenvalue weighted by molar-refractivity contribution is 5.95. The van der Waals surface area contributed by atoms with Crippen LogP contribution in [-0.2, 0) is 19.0 Å². The first-order chi connectivity index (χ1) is 17.8. The summed E-state index contributed by atoms with van der Waals surface area (Å²) in [6.07, 6.45) is 11.8. The number of H-pyrrole nitrogens is 1. The second kappa shape index (κ2) is 8.69. The van der Waals surface area contributed by atoms with Gasteiger partial charge in [-0.2, -0.15) is 10.2 Å². The van der Waals surface area contributed by atoms with Crippen molar-refractivity contribution in [3.63, 3.8) is 0 Å². The van der Waals surface area contributed by atoms with Crippen LogP contribution in [0.5, 0.6) is 0 Å². The third kappa shape index (κ3) is 4.30. The van der Waals surface area contributed by atoms with Crippen LogP contribution in [-0.4, -0.2) is 40.4 Å². The Morgan fingerprint density at radius 3 is 2.70 bits per heavy atom. The molecule has 1 amide bonds. The number of fused-ring (bicyclic) bond motifs is 2. The lowest BCUT2D eigenvalue weighted by atomic mass is 9.86. The highest BCUT2D eigenvalue weighted by Crippen LogP contribution is 2.35. The molecule has 9 heteroatoms. The minimum Gasteiger partial charge on any atom is -0.345 e. The van der Waals surface area contributed by atoms with Gasteiger partial charge >= 0.3 is 0 Å². The molecule has 4 aromatic heterocycles. The van der Waals surface area contributed by atoms with E-state index < -0.39 is 0 Å². The van der Waals surface area contributed by atoms with E-state index in [1.54, 1.807) is 17.2 Å². The van der Waals surface area contributed by atoms with Crippen LogP contribution in [0.1, 0.15) is 61.1 Å². The predicted molar refractivity (Wildman–Crippen MR) is 142 cm³/mol. The molecule has 4 heterocycles. The number of nitrogens with one attached hydrogen (secondary N) is 2. The summed E-state index contributed by atoms with van der Waals surface area (Å²) in [6, 6.07) is 8.50. The van der Waals surface area contributed by atoms with Crippen LogP contribution < -0.4 is 5.32 Å². The molecule has 0 bridgehead atoms. The number of aryl methyl sites for hydroxylation is 2. The normalized spacial score (nSPS) is 15.6. The molecule has 5 aromatic rings. The Kier molecular flexibility index (Phi) is 5.43. The van der Waals surface area contributed by atoms with Crippen molar-refractivity contribution in [2.75, 3.05) is 0 Å². The van der Waals surface area contributed by atoms with Crippen molar-refractivity contribution in [2.24, 2.45) is 7.05 Å². The Hall–Kier alpha value is -4.27. The van der Waals surface area contributed by atoms with Gasteiger partial charge in [0.05, 0.1) is 40.9 Å². The second-order valence-corrected chi connectivity index (χ2v) is 10.7. The Balaban J connectivity index is 1.29. The van der Waals surface area contributed by atoms with Gasteiger partial charge < -0.3 is 10.3 Å². The number of hydrogen-bond donors (Lipinski definition) is 2. The van der Waals surface area contributed by atoms with Gasteiger partial charge in [-0.15, -0.1) is 0 Å². The zero-order valence-corrected chi connectivity index (χ0v) is 21.5. The van der Waals surface area contributed by atoms with Gasteiger partial charge in [0.1, 0.15) is 12.0 Å². The third-order valence-electron chi connectivity index (χ3n) is 7.01. The first kappa shape index (κ1) is 23.1. The number of carbonyl (C=O) groups excluding carboxylic acids is 1. The van der Waals surface area contributed by atoms with Gasteiger partial charge in [-0.25, -0.2) is 9.97 Å². The number of aromatic nitrogens is 7. The molecule has 188 valence electrons. The molecule has 9 nitrogen and oxygen atoms in total. The van der Waals surface area contributed by atoms with Gasteiger partial charge in [-0.3, -0.25) is 14.2 Å². The van der Waals surface area contributed by atoms with E-state index in [1.165, 1.54) is 11.1 Å². The van der Waals surface area contributed by atoms with E-state index in [0.717, 1.165) is 52.8 Å². The fourth-order valence-electron chi connectivity index (χ4n) is 5.05. The molecule has 1 atom stereocenters. The van der Waals surface area contributed by atoms with Gasteiger partial charge in [0, 0.05) is 36.0 Å². The summed E-state index contributed by atoms with van der Waals surface area (Å²) >= 11 is 0. The molecule has 6 rings (SSSR count). The Bertz CT molecular complexity index is 1620. The lowest BCUT2D eigenvalue weighted by Crippen LogP contribution is -2.31. The van der Waals surface area contributed by atoms with Crippen molar-refractivity contribution in [2.45, 2.75) is 51.6 Å². The number of nitrogens with zero attached hydrogens (tertiary/aromatic N) is 6. The zero-order valence-electron chi connectivity index (χ0n) is 21.5. The highest BCUT2D eigenvalue weighted by Gasteiger charge is 2.25. The van der Waals surface area contributed by atoms with Gasteiger partial charge in [0.25, 0.3) is 5.91 Å². The summed E-state index contributed by atoms with van der Waals surface area (Å²) in [7, 11) is 1.90. The molecule has 1 aliphatic rings. The summed E-state index contributed by atoms with van der Waals surface area (Å²) in [5.74, 6) is -0.0924. The Morgan fingerprint density at radius 2 is 1.95 bits per heavy atom. The first-order valence-electron chi connectivity index (χ1n) is 12.6. The van der Waals surface area contributed by atoms with Crippen molar-refractivity contribution < 1.29 is 4.79 Å². The number of aromatic amines is 1.